The lowest BCUT2D eigenvalue weighted by Gasteiger charge is -2.14. The van der Waals surface area contributed by atoms with Gasteiger partial charge in [0.15, 0.2) is 0 Å². The minimum absolute atomic E-state index is 0.0840. The van der Waals surface area contributed by atoms with E-state index in [-0.39, 0.29) is 18.9 Å². The van der Waals surface area contributed by atoms with Crippen LogP contribution in [0.4, 0.5) is 18.0 Å². The molecule has 18 heavy (non-hydrogen) atoms. The van der Waals surface area contributed by atoms with Crippen LogP contribution in [0.5, 0.6) is 0 Å². The SMILES string of the molecule is CCC(CNC(=O)NCCC(F)(F)F)CC(=O)O. The molecule has 0 aliphatic rings. The molecule has 0 spiro atoms. The Kier molecular flexibility index (Phi) is 7.14. The van der Waals surface area contributed by atoms with Crippen LogP contribution < -0.4 is 10.6 Å². The summed E-state index contributed by atoms with van der Waals surface area (Å²) in [5.41, 5.74) is 0. The average molecular weight is 270 g/mol. The van der Waals surface area contributed by atoms with Gasteiger partial charge in [0.2, 0.25) is 0 Å². The molecule has 0 aliphatic carbocycles. The predicted octanol–water partition coefficient (Wildman–Crippen LogP) is 1.74. The lowest BCUT2D eigenvalue weighted by molar-refractivity contribution is -0.138. The summed E-state index contributed by atoms with van der Waals surface area (Å²) in [6.07, 6.45) is -4.91. The Morgan fingerprint density at radius 1 is 1.28 bits per heavy atom. The zero-order chi connectivity index (χ0) is 14.2. The van der Waals surface area contributed by atoms with Gasteiger partial charge < -0.3 is 15.7 Å². The molecule has 0 radical (unpaired) electrons. The van der Waals surface area contributed by atoms with E-state index in [0.29, 0.717) is 6.42 Å². The minimum Gasteiger partial charge on any atom is -0.481 e. The number of carboxylic acids is 1. The number of hydrogen-bond donors (Lipinski definition) is 3. The zero-order valence-electron chi connectivity index (χ0n) is 10.0. The summed E-state index contributed by atoms with van der Waals surface area (Å²) in [6.45, 7) is 1.41. The predicted molar refractivity (Wildman–Crippen MR) is 58.1 cm³/mol. The number of urea groups is 1. The molecule has 1 unspecified atom stereocenters. The Labute approximate surface area is 103 Å². The Hall–Kier alpha value is -1.47. The van der Waals surface area contributed by atoms with Gasteiger partial charge in [0, 0.05) is 19.5 Å². The van der Waals surface area contributed by atoms with Crippen molar-refractivity contribution in [1.29, 1.82) is 0 Å². The number of alkyl halides is 3. The lowest BCUT2D eigenvalue weighted by Crippen LogP contribution is -2.39. The largest absolute Gasteiger partial charge is 0.481 e. The number of hydrogen-bond acceptors (Lipinski definition) is 2. The molecule has 0 saturated heterocycles. The molecule has 3 N–H and O–H groups in total. The van der Waals surface area contributed by atoms with E-state index in [1.807, 2.05) is 0 Å². The molecular formula is C10H17F3N2O3. The third-order valence-electron chi connectivity index (χ3n) is 2.29. The third kappa shape index (κ3) is 9.73. The molecule has 106 valence electrons. The fourth-order valence-corrected chi connectivity index (χ4v) is 1.23. The van der Waals surface area contributed by atoms with Crippen LogP contribution >= 0.6 is 0 Å². The molecule has 8 heteroatoms. The summed E-state index contributed by atoms with van der Waals surface area (Å²) in [5, 5.41) is 13.0. The van der Waals surface area contributed by atoms with Gasteiger partial charge >= 0.3 is 18.2 Å². The van der Waals surface area contributed by atoms with Crippen molar-refractivity contribution in [3.05, 3.63) is 0 Å². The van der Waals surface area contributed by atoms with E-state index in [2.05, 4.69) is 10.6 Å². The van der Waals surface area contributed by atoms with Gasteiger partial charge in [0.25, 0.3) is 0 Å². The summed E-state index contributed by atoms with van der Waals surface area (Å²) in [4.78, 5) is 21.5. The monoisotopic (exact) mass is 270 g/mol. The first kappa shape index (κ1) is 16.5. The van der Waals surface area contributed by atoms with E-state index >= 15 is 0 Å². The lowest BCUT2D eigenvalue weighted by atomic mass is 10.0. The van der Waals surface area contributed by atoms with Gasteiger partial charge in [0.1, 0.15) is 0 Å². The maximum atomic E-state index is 11.8. The van der Waals surface area contributed by atoms with Gasteiger partial charge in [0.05, 0.1) is 6.42 Å². The first-order chi connectivity index (χ1) is 8.24. The number of rotatable bonds is 7. The maximum Gasteiger partial charge on any atom is 0.390 e. The number of carbonyl (C=O) groups excluding carboxylic acids is 1. The van der Waals surface area contributed by atoms with Crippen LogP contribution in [-0.4, -0.2) is 36.4 Å². The molecular weight excluding hydrogens is 253 g/mol. The highest BCUT2D eigenvalue weighted by molar-refractivity contribution is 5.74. The van der Waals surface area contributed by atoms with Crippen LogP contribution in [0.2, 0.25) is 0 Å². The number of halogens is 3. The Morgan fingerprint density at radius 3 is 2.33 bits per heavy atom. The fourth-order valence-electron chi connectivity index (χ4n) is 1.23. The summed E-state index contributed by atoms with van der Waals surface area (Å²) in [5.74, 6) is -1.20. The Balaban J connectivity index is 3.78. The van der Waals surface area contributed by atoms with E-state index in [4.69, 9.17) is 5.11 Å². The van der Waals surface area contributed by atoms with Crippen molar-refractivity contribution in [1.82, 2.24) is 10.6 Å². The molecule has 0 aliphatic heterocycles. The normalized spacial score (nSPS) is 12.9. The van der Waals surface area contributed by atoms with Crippen molar-refractivity contribution in [3.8, 4) is 0 Å². The number of aliphatic carboxylic acids is 1. The second-order valence-electron chi connectivity index (χ2n) is 3.87. The van der Waals surface area contributed by atoms with Crippen LogP contribution in [-0.2, 0) is 4.79 Å². The van der Waals surface area contributed by atoms with Gasteiger partial charge in [-0.3, -0.25) is 4.79 Å². The fraction of sp³-hybridized carbons (Fsp3) is 0.800. The Morgan fingerprint density at radius 2 is 1.89 bits per heavy atom. The van der Waals surface area contributed by atoms with Crippen LogP contribution in [0.3, 0.4) is 0 Å². The van der Waals surface area contributed by atoms with Gasteiger partial charge in [-0.25, -0.2) is 4.79 Å². The van der Waals surface area contributed by atoms with Gasteiger partial charge in [-0.2, -0.15) is 13.2 Å². The number of amides is 2. The smallest absolute Gasteiger partial charge is 0.390 e. The zero-order valence-corrected chi connectivity index (χ0v) is 10.0. The van der Waals surface area contributed by atoms with Crippen molar-refractivity contribution < 1.29 is 27.9 Å². The van der Waals surface area contributed by atoms with Crippen LogP contribution in [0.1, 0.15) is 26.2 Å². The van der Waals surface area contributed by atoms with Crippen molar-refractivity contribution in [2.75, 3.05) is 13.1 Å². The quantitative estimate of drug-likeness (QED) is 0.659. The third-order valence-corrected chi connectivity index (χ3v) is 2.29. The molecule has 1 atom stereocenters. The highest BCUT2D eigenvalue weighted by atomic mass is 19.4. The molecule has 0 fully saturated rings. The topological polar surface area (TPSA) is 78.4 Å². The highest BCUT2D eigenvalue weighted by Gasteiger charge is 2.26. The molecule has 0 saturated carbocycles. The van der Waals surface area contributed by atoms with Crippen molar-refractivity contribution in [2.24, 2.45) is 5.92 Å². The van der Waals surface area contributed by atoms with E-state index in [1.54, 1.807) is 6.92 Å². The van der Waals surface area contributed by atoms with E-state index in [0.717, 1.165) is 0 Å². The van der Waals surface area contributed by atoms with Crippen LogP contribution in [0.15, 0.2) is 0 Å². The number of nitrogens with one attached hydrogen (secondary N) is 2. The molecule has 5 nitrogen and oxygen atoms in total. The summed E-state index contributed by atoms with van der Waals surface area (Å²) >= 11 is 0. The molecule has 0 aromatic rings. The molecule has 0 heterocycles. The minimum atomic E-state index is -4.30. The standard InChI is InChI=1S/C10H17F3N2O3/c1-2-7(5-8(16)17)6-15-9(18)14-4-3-10(11,12)13/h7H,2-6H2,1H3,(H,16,17)(H2,14,15,18). The second-order valence-corrected chi connectivity index (χ2v) is 3.87. The van der Waals surface area contributed by atoms with Gasteiger partial charge in [-0.1, -0.05) is 13.3 Å². The Bertz CT molecular complexity index is 282. The highest BCUT2D eigenvalue weighted by Crippen LogP contribution is 2.18. The van der Waals surface area contributed by atoms with E-state index in [9.17, 15) is 22.8 Å². The molecule has 0 rings (SSSR count). The van der Waals surface area contributed by atoms with Crippen molar-refractivity contribution in [3.63, 3.8) is 0 Å². The molecule has 0 aromatic carbocycles. The molecule has 0 aromatic heterocycles. The van der Waals surface area contributed by atoms with Crippen LogP contribution in [0.25, 0.3) is 0 Å². The van der Waals surface area contributed by atoms with Gasteiger partial charge in [-0.15, -0.1) is 0 Å². The summed E-state index contributed by atoms with van der Waals surface area (Å²) in [7, 11) is 0. The molecule has 2 amide bonds. The number of carboxylic acid groups (broad SMARTS) is 1. The van der Waals surface area contributed by atoms with Crippen LogP contribution in [0, 0.1) is 5.92 Å². The van der Waals surface area contributed by atoms with Crippen molar-refractivity contribution >= 4 is 12.0 Å². The van der Waals surface area contributed by atoms with E-state index in [1.165, 1.54) is 0 Å². The summed E-state index contributed by atoms with van der Waals surface area (Å²) in [6, 6.07) is -0.719. The number of carbonyl (C=O) groups is 2. The average Bonchev–Trinajstić information content (AvgIpc) is 2.21. The summed E-state index contributed by atoms with van der Waals surface area (Å²) < 4.78 is 35.3. The molecule has 0 bridgehead atoms. The second kappa shape index (κ2) is 7.78. The van der Waals surface area contributed by atoms with Crippen molar-refractivity contribution in [2.45, 2.75) is 32.4 Å². The van der Waals surface area contributed by atoms with E-state index < -0.39 is 31.1 Å². The maximum absolute atomic E-state index is 11.8. The first-order valence-corrected chi connectivity index (χ1v) is 5.54. The first-order valence-electron chi connectivity index (χ1n) is 5.54. The van der Waals surface area contributed by atoms with Gasteiger partial charge in [-0.05, 0) is 5.92 Å².